The van der Waals surface area contributed by atoms with Crippen molar-refractivity contribution in [3.05, 3.63) is 29.3 Å². The van der Waals surface area contributed by atoms with Crippen molar-refractivity contribution in [3.8, 4) is 5.75 Å². The van der Waals surface area contributed by atoms with Crippen LogP contribution in [0.5, 0.6) is 5.75 Å². The Morgan fingerprint density at radius 1 is 1.00 bits per heavy atom. The van der Waals surface area contributed by atoms with Crippen LogP contribution in [0.4, 0.5) is 0 Å². The van der Waals surface area contributed by atoms with Crippen molar-refractivity contribution in [1.29, 1.82) is 0 Å². The third-order valence-corrected chi connectivity index (χ3v) is 5.82. The van der Waals surface area contributed by atoms with Gasteiger partial charge in [-0.1, -0.05) is 6.07 Å². The maximum absolute atomic E-state index is 9.62. The zero-order valence-corrected chi connectivity index (χ0v) is 11.2. The number of phenolic OH excluding ortho intramolecular Hbond substituents is 1. The van der Waals surface area contributed by atoms with Gasteiger partial charge in [0.05, 0.1) is 0 Å². The Balaban J connectivity index is 1.79. The van der Waals surface area contributed by atoms with Gasteiger partial charge in [-0.3, -0.25) is 0 Å². The van der Waals surface area contributed by atoms with Crippen molar-refractivity contribution in [2.24, 2.45) is 17.8 Å². The molecule has 1 N–H and O–H groups in total. The molecule has 4 aliphatic rings. The van der Waals surface area contributed by atoms with E-state index in [0.29, 0.717) is 11.2 Å². The van der Waals surface area contributed by atoms with Gasteiger partial charge in [0.2, 0.25) is 0 Å². The van der Waals surface area contributed by atoms with E-state index in [1.165, 1.54) is 44.1 Å². The number of aromatic hydroxyl groups is 1. The van der Waals surface area contributed by atoms with Crippen LogP contribution < -0.4 is 0 Å². The molecule has 4 bridgehead atoms. The van der Waals surface area contributed by atoms with Crippen LogP contribution in [0.15, 0.2) is 18.2 Å². The average Bonchev–Trinajstić information content (AvgIpc) is 2.26. The molecule has 1 aromatic rings. The number of phenols is 1. The van der Waals surface area contributed by atoms with E-state index in [-0.39, 0.29) is 0 Å². The second kappa shape index (κ2) is 3.53. The van der Waals surface area contributed by atoms with Gasteiger partial charge in [0.15, 0.2) is 0 Å². The van der Waals surface area contributed by atoms with Gasteiger partial charge in [-0.25, -0.2) is 0 Å². The standard InChI is InChI=1S/C17H22O/c1-11-4-15(18)2-3-16(11)17-8-12-5-13(9-17)7-14(6-12)10-17/h2-4,12-14,18H,5-10H2,1H3. The third-order valence-electron chi connectivity index (χ3n) is 5.82. The first kappa shape index (κ1) is 10.9. The molecule has 0 aromatic heterocycles. The predicted octanol–water partition coefficient (Wildman–Crippen LogP) is 4.17. The van der Waals surface area contributed by atoms with Gasteiger partial charge in [-0.2, -0.15) is 0 Å². The highest BCUT2D eigenvalue weighted by molar-refractivity contribution is 5.40. The van der Waals surface area contributed by atoms with Crippen LogP contribution >= 0.6 is 0 Å². The maximum Gasteiger partial charge on any atom is 0.115 e. The minimum atomic E-state index is 0.418. The average molecular weight is 242 g/mol. The fourth-order valence-electron chi connectivity index (χ4n) is 5.68. The molecule has 0 saturated heterocycles. The molecule has 0 amide bonds. The molecule has 0 spiro atoms. The summed E-state index contributed by atoms with van der Waals surface area (Å²) in [5.41, 5.74) is 3.31. The number of benzene rings is 1. The molecule has 1 nitrogen and oxygen atoms in total. The van der Waals surface area contributed by atoms with Crippen molar-refractivity contribution in [1.82, 2.24) is 0 Å². The molecule has 18 heavy (non-hydrogen) atoms. The summed E-state index contributed by atoms with van der Waals surface area (Å²) in [5, 5.41) is 9.62. The summed E-state index contributed by atoms with van der Waals surface area (Å²) in [5.74, 6) is 3.39. The number of aryl methyl sites for hydroxylation is 1. The molecule has 4 aliphatic carbocycles. The number of hydrogen-bond acceptors (Lipinski definition) is 1. The van der Waals surface area contributed by atoms with E-state index < -0.39 is 0 Å². The van der Waals surface area contributed by atoms with Crippen molar-refractivity contribution in [3.63, 3.8) is 0 Å². The van der Waals surface area contributed by atoms with E-state index in [1.807, 2.05) is 12.1 Å². The van der Waals surface area contributed by atoms with Gasteiger partial charge in [0.25, 0.3) is 0 Å². The van der Waals surface area contributed by atoms with Crippen LogP contribution in [-0.4, -0.2) is 5.11 Å². The van der Waals surface area contributed by atoms with E-state index in [2.05, 4.69) is 13.0 Å². The number of hydrogen-bond donors (Lipinski definition) is 1. The Labute approximate surface area is 109 Å². The molecule has 4 saturated carbocycles. The molecule has 0 radical (unpaired) electrons. The normalized spacial score (nSPS) is 41.3. The minimum Gasteiger partial charge on any atom is -0.508 e. The molecule has 0 atom stereocenters. The van der Waals surface area contributed by atoms with Crippen LogP contribution in [0.25, 0.3) is 0 Å². The minimum absolute atomic E-state index is 0.418. The second-order valence-corrected chi connectivity index (χ2v) is 7.20. The topological polar surface area (TPSA) is 20.2 Å². The Morgan fingerprint density at radius 3 is 2.06 bits per heavy atom. The molecule has 1 aromatic carbocycles. The fraction of sp³-hybridized carbons (Fsp3) is 0.647. The molecule has 0 unspecified atom stereocenters. The number of rotatable bonds is 1. The molecule has 5 rings (SSSR count). The van der Waals surface area contributed by atoms with Crippen LogP contribution in [0, 0.1) is 24.7 Å². The summed E-state index contributed by atoms with van der Waals surface area (Å²) < 4.78 is 0. The largest absolute Gasteiger partial charge is 0.508 e. The summed E-state index contributed by atoms with van der Waals surface area (Å²) in [7, 11) is 0. The van der Waals surface area contributed by atoms with E-state index in [4.69, 9.17) is 0 Å². The highest BCUT2D eigenvalue weighted by Crippen LogP contribution is 2.61. The van der Waals surface area contributed by atoms with E-state index >= 15 is 0 Å². The lowest BCUT2D eigenvalue weighted by atomic mass is 9.47. The van der Waals surface area contributed by atoms with Gasteiger partial charge >= 0.3 is 0 Å². The van der Waals surface area contributed by atoms with E-state index in [1.54, 1.807) is 5.56 Å². The molecule has 4 fully saturated rings. The summed E-state index contributed by atoms with van der Waals surface area (Å²) in [6, 6.07) is 6.05. The molecule has 0 aliphatic heterocycles. The van der Waals surface area contributed by atoms with Crippen LogP contribution in [-0.2, 0) is 5.41 Å². The summed E-state index contributed by atoms with van der Waals surface area (Å²) >= 11 is 0. The Hall–Kier alpha value is -0.980. The zero-order valence-electron chi connectivity index (χ0n) is 11.2. The molecule has 0 heterocycles. The van der Waals surface area contributed by atoms with Crippen LogP contribution in [0.3, 0.4) is 0 Å². The van der Waals surface area contributed by atoms with Crippen molar-refractivity contribution in [2.75, 3.05) is 0 Å². The molecule has 96 valence electrons. The van der Waals surface area contributed by atoms with Gasteiger partial charge in [-0.05, 0) is 91.9 Å². The summed E-state index contributed by atoms with van der Waals surface area (Å²) in [4.78, 5) is 0. The smallest absolute Gasteiger partial charge is 0.115 e. The van der Waals surface area contributed by atoms with E-state index in [0.717, 1.165) is 17.8 Å². The Morgan fingerprint density at radius 2 is 1.56 bits per heavy atom. The quantitative estimate of drug-likeness (QED) is 0.783. The Bertz CT molecular complexity index is 453. The lowest BCUT2D eigenvalue weighted by Crippen LogP contribution is -2.48. The van der Waals surface area contributed by atoms with Crippen molar-refractivity contribution in [2.45, 2.75) is 50.9 Å². The first-order valence-corrected chi connectivity index (χ1v) is 7.45. The molecular formula is C17H22O. The van der Waals surface area contributed by atoms with Gasteiger partial charge < -0.3 is 5.11 Å². The van der Waals surface area contributed by atoms with Crippen LogP contribution in [0.1, 0.15) is 49.7 Å². The van der Waals surface area contributed by atoms with Crippen molar-refractivity contribution >= 4 is 0 Å². The highest BCUT2D eigenvalue weighted by Gasteiger charge is 2.51. The Kier molecular flexibility index (Phi) is 2.13. The maximum atomic E-state index is 9.62. The third kappa shape index (κ3) is 1.46. The van der Waals surface area contributed by atoms with Gasteiger partial charge in [0.1, 0.15) is 5.75 Å². The second-order valence-electron chi connectivity index (χ2n) is 7.20. The lowest BCUT2D eigenvalue weighted by molar-refractivity contribution is -0.00547. The SMILES string of the molecule is Cc1cc(O)ccc1C12CC3CC(CC(C3)C1)C2. The molecular weight excluding hydrogens is 220 g/mol. The summed E-state index contributed by atoms with van der Waals surface area (Å²) in [6.45, 7) is 2.17. The first-order chi connectivity index (χ1) is 8.64. The molecule has 1 heteroatoms. The van der Waals surface area contributed by atoms with Gasteiger partial charge in [-0.15, -0.1) is 0 Å². The van der Waals surface area contributed by atoms with Crippen molar-refractivity contribution < 1.29 is 5.11 Å². The monoisotopic (exact) mass is 242 g/mol. The summed E-state index contributed by atoms with van der Waals surface area (Å²) in [6.07, 6.45) is 8.71. The fourth-order valence-corrected chi connectivity index (χ4v) is 5.68. The van der Waals surface area contributed by atoms with E-state index in [9.17, 15) is 5.11 Å². The van der Waals surface area contributed by atoms with Gasteiger partial charge in [0, 0.05) is 0 Å². The zero-order chi connectivity index (χ0) is 12.3. The lowest BCUT2D eigenvalue weighted by Gasteiger charge is -2.57. The predicted molar refractivity (Wildman–Crippen MR) is 72.7 cm³/mol. The highest BCUT2D eigenvalue weighted by atomic mass is 16.3. The first-order valence-electron chi connectivity index (χ1n) is 7.45. The van der Waals surface area contributed by atoms with Crippen LogP contribution in [0.2, 0.25) is 0 Å².